The standard InChI is InChI=1S/C11H13Cl2N3S/c1-2-3-4-5-14-9-7(12)6-8(13)10-11(9)16-17-15-10/h6,14H,2-5H2,1H3. The maximum Gasteiger partial charge on any atom is 0.130 e. The molecule has 1 aromatic carbocycles. The highest BCUT2D eigenvalue weighted by molar-refractivity contribution is 7.00. The molecule has 17 heavy (non-hydrogen) atoms. The molecule has 3 nitrogen and oxygen atoms in total. The van der Waals surface area contributed by atoms with E-state index in [1.807, 2.05) is 0 Å². The smallest absolute Gasteiger partial charge is 0.130 e. The van der Waals surface area contributed by atoms with Gasteiger partial charge >= 0.3 is 0 Å². The van der Waals surface area contributed by atoms with Crippen LogP contribution in [0.25, 0.3) is 11.0 Å². The van der Waals surface area contributed by atoms with Gasteiger partial charge in [-0.15, -0.1) is 0 Å². The SMILES string of the molecule is CCCCCNc1c(Cl)cc(Cl)c2nsnc12. The predicted molar refractivity (Wildman–Crippen MR) is 75.4 cm³/mol. The Bertz CT molecular complexity index is 513. The summed E-state index contributed by atoms with van der Waals surface area (Å²) in [5.41, 5.74) is 2.33. The zero-order valence-corrected chi connectivity index (χ0v) is 11.8. The first kappa shape index (κ1) is 12.9. The topological polar surface area (TPSA) is 37.8 Å². The van der Waals surface area contributed by atoms with Crippen LogP contribution in [0.4, 0.5) is 5.69 Å². The first-order chi connectivity index (χ1) is 8.24. The molecular weight excluding hydrogens is 277 g/mol. The summed E-state index contributed by atoms with van der Waals surface area (Å²) in [7, 11) is 0. The number of nitrogens with one attached hydrogen (secondary N) is 1. The largest absolute Gasteiger partial charge is 0.382 e. The van der Waals surface area contributed by atoms with Crippen molar-refractivity contribution in [2.75, 3.05) is 11.9 Å². The average molecular weight is 290 g/mol. The minimum absolute atomic E-state index is 0.554. The van der Waals surface area contributed by atoms with E-state index in [1.54, 1.807) is 6.07 Å². The Kier molecular flexibility index (Phi) is 4.42. The number of hydrogen-bond donors (Lipinski definition) is 1. The number of hydrogen-bond acceptors (Lipinski definition) is 4. The maximum atomic E-state index is 6.17. The van der Waals surface area contributed by atoms with Crippen molar-refractivity contribution in [3.8, 4) is 0 Å². The maximum absolute atomic E-state index is 6.17. The molecule has 0 aliphatic carbocycles. The van der Waals surface area contributed by atoms with Crippen LogP contribution in [-0.2, 0) is 0 Å². The third-order valence-corrected chi connectivity index (χ3v) is 3.64. The molecule has 0 saturated heterocycles. The third kappa shape index (κ3) is 2.81. The van der Waals surface area contributed by atoms with Crippen LogP contribution in [0, 0.1) is 0 Å². The number of nitrogens with zero attached hydrogens (tertiary/aromatic N) is 2. The Morgan fingerprint density at radius 3 is 2.71 bits per heavy atom. The van der Waals surface area contributed by atoms with Crippen molar-refractivity contribution in [1.29, 1.82) is 0 Å². The van der Waals surface area contributed by atoms with Crippen molar-refractivity contribution in [3.63, 3.8) is 0 Å². The summed E-state index contributed by atoms with van der Waals surface area (Å²) in [6.45, 7) is 3.07. The highest BCUT2D eigenvalue weighted by atomic mass is 35.5. The molecule has 0 spiro atoms. The molecule has 6 heteroatoms. The number of aromatic nitrogens is 2. The molecule has 0 aliphatic heterocycles. The molecule has 2 rings (SSSR count). The Hall–Kier alpha value is -0.580. The Morgan fingerprint density at radius 1 is 1.18 bits per heavy atom. The van der Waals surface area contributed by atoms with Gasteiger partial charge in [-0.2, -0.15) is 8.75 Å². The molecule has 0 amide bonds. The number of fused-ring (bicyclic) bond motifs is 1. The molecule has 92 valence electrons. The lowest BCUT2D eigenvalue weighted by Crippen LogP contribution is -2.02. The van der Waals surface area contributed by atoms with E-state index in [1.165, 1.54) is 12.8 Å². The van der Waals surface area contributed by atoms with Gasteiger partial charge in [-0.1, -0.05) is 43.0 Å². The van der Waals surface area contributed by atoms with Crippen molar-refractivity contribution < 1.29 is 0 Å². The number of anilines is 1. The van der Waals surface area contributed by atoms with E-state index in [2.05, 4.69) is 21.0 Å². The minimum Gasteiger partial charge on any atom is -0.382 e. The van der Waals surface area contributed by atoms with Gasteiger partial charge in [-0.3, -0.25) is 0 Å². The fraction of sp³-hybridized carbons (Fsp3) is 0.455. The van der Waals surface area contributed by atoms with Crippen LogP contribution in [0.2, 0.25) is 10.0 Å². The fourth-order valence-corrected chi connectivity index (χ4v) is 2.81. The summed E-state index contributed by atoms with van der Waals surface area (Å²) in [4.78, 5) is 0. The lowest BCUT2D eigenvalue weighted by atomic mass is 10.2. The van der Waals surface area contributed by atoms with Gasteiger partial charge in [0.05, 0.1) is 27.5 Å². The van der Waals surface area contributed by atoms with Crippen LogP contribution in [0.1, 0.15) is 26.2 Å². The highest BCUT2D eigenvalue weighted by Crippen LogP contribution is 2.35. The van der Waals surface area contributed by atoms with Crippen molar-refractivity contribution in [3.05, 3.63) is 16.1 Å². The van der Waals surface area contributed by atoms with Crippen LogP contribution in [0.3, 0.4) is 0 Å². The second-order valence-corrected chi connectivity index (χ2v) is 5.15. The van der Waals surface area contributed by atoms with Gasteiger partial charge in [0.15, 0.2) is 0 Å². The molecule has 1 heterocycles. The summed E-state index contributed by atoms with van der Waals surface area (Å²) in [5.74, 6) is 0. The van der Waals surface area contributed by atoms with Gasteiger partial charge in [-0.05, 0) is 12.5 Å². The normalized spacial score (nSPS) is 11.0. The van der Waals surface area contributed by atoms with Gasteiger partial charge in [0, 0.05) is 6.54 Å². The monoisotopic (exact) mass is 289 g/mol. The van der Waals surface area contributed by atoms with E-state index in [4.69, 9.17) is 23.2 Å². The zero-order chi connectivity index (χ0) is 12.3. The molecule has 0 aliphatic rings. The summed E-state index contributed by atoms with van der Waals surface area (Å²) in [6, 6.07) is 1.72. The lowest BCUT2D eigenvalue weighted by molar-refractivity contribution is 0.744. The number of halogens is 2. The molecule has 1 N–H and O–H groups in total. The molecule has 1 aromatic heterocycles. The van der Waals surface area contributed by atoms with E-state index in [0.29, 0.717) is 10.0 Å². The third-order valence-electron chi connectivity index (χ3n) is 2.53. The van der Waals surface area contributed by atoms with E-state index in [9.17, 15) is 0 Å². The molecule has 0 saturated carbocycles. The zero-order valence-electron chi connectivity index (χ0n) is 9.46. The van der Waals surface area contributed by atoms with Crippen LogP contribution in [0.15, 0.2) is 6.07 Å². The number of unbranched alkanes of at least 4 members (excludes halogenated alkanes) is 2. The molecule has 0 unspecified atom stereocenters. The van der Waals surface area contributed by atoms with Gasteiger partial charge in [-0.25, -0.2) is 0 Å². The van der Waals surface area contributed by atoms with Crippen LogP contribution >= 0.6 is 34.9 Å². The van der Waals surface area contributed by atoms with Gasteiger partial charge in [0.2, 0.25) is 0 Å². The number of benzene rings is 1. The van der Waals surface area contributed by atoms with Crippen molar-refractivity contribution >= 4 is 51.7 Å². The van der Waals surface area contributed by atoms with Crippen LogP contribution in [0.5, 0.6) is 0 Å². The summed E-state index contributed by atoms with van der Waals surface area (Å²) < 4.78 is 8.40. The quantitative estimate of drug-likeness (QED) is 0.818. The van der Waals surface area contributed by atoms with Crippen molar-refractivity contribution in [2.45, 2.75) is 26.2 Å². The van der Waals surface area contributed by atoms with E-state index in [0.717, 1.165) is 41.4 Å². The molecule has 0 atom stereocenters. The van der Waals surface area contributed by atoms with Gasteiger partial charge in [0.25, 0.3) is 0 Å². The molecule has 0 radical (unpaired) electrons. The second-order valence-electron chi connectivity index (χ2n) is 3.81. The Labute approximate surface area is 114 Å². The summed E-state index contributed by atoms with van der Waals surface area (Å²) in [6.07, 6.45) is 3.52. The van der Waals surface area contributed by atoms with E-state index >= 15 is 0 Å². The van der Waals surface area contributed by atoms with Crippen molar-refractivity contribution in [2.24, 2.45) is 0 Å². The van der Waals surface area contributed by atoms with Crippen molar-refractivity contribution in [1.82, 2.24) is 8.75 Å². The predicted octanol–water partition coefficient (Wildman–Crippen LogP) is 4.60. The van der Waals surface area contributed by atoms with E-state index < -0.39 is 0 Å². The van der Waals surface area contributed by atoms with E-state index in [-0.39, 0.29) is 0 Å². The number of rotatable bonds is 5. The first-order valence-electron chi connectivity index (χ1n) is 5.58. The molecule has 0 fully saturated rings. The van der Waals surface area contributed by atoms with Gasteiger partial charge < -0.3 is 5.32 Å². The molecule has 2 aromatic rings. The summed E-state index contributed by atoms with van der Waals surface area (Å²) in [5, 5.41) is 4.47. The minimum atomic E-state index is 0.554. The second kappa shape index (κ2) is 5.85. The van der Waals surface area contributed by atoms with Crippen LogP contribution in [-0.4, -0.2) is 15.3 Å². The lowest BCUT2D eigenvalue weighted by Gasteiger charge is -2.09. The summed E-state index contributed by atoms with van der Waals surface area (Å²) >= 11 is 13.4. The Balaban J connectivity index is 2.23. The van der Waals surface area contributed by atoms with Crippen LogP contribution < -0.4 is 5.32 Å². The average Bonchev–Trinajstić information content (AvgIpc) is 2.77. The Morgan fingerprint density at radius 2 is 1.94 bits per heavy atom. The molecule has 0 bridgehead atoms. The first-order valence-corrected chi connectivity index (χ1v) is 7.06. The fourth-order valence-electron chi connectivity index (χ4n) is 1.63. The molecular formula is C11H13Cl2N3S. The highest BCUT2D eigenvalue weighted by Gasteiger charge is 2.13. The van der Waals surface area contributed by atoms with Gasteiger partial charge in [0.1, 0.15) is 11.0 Å².